The summed E-state index contributed by atoms with van der Waals surface area (Å²) in [6, 6.07) is 17.0. The molecule has 6 heteroatoms. The summed E-state index contributed by atoms with van der Waals surface area (Å²) in [5.41, 5.74) is 5.04. The molecule has 31 heavy (non-hydrogen) atoms. The molecule has 4 rings (SSSR count). The second-order valence-electron chi connectivity index (χ2n) is 7.69. The number of aromatic nitrogens is 3. The average molecular weight is 415 g/mol. The van der Waals surface area contributed by atoms with Crippen molar-refractivity contribution in [2.45, 2.75) is 33.4 Å². The lowest BCUT2D eigenvalue weighted by Gasteiger charge is -2.12. The Bertz CT molecular complexity index is 1140. The fourth-order valence-corrected chi connectivity index (χ4v) is 3.73. The predicted octanol–water partition coefficient (Wildman–Crippen LogP) is 4.02. The van der Waals surface area contributed by atoms with E-state index < -0.39 is 0 Å². The van der Waals surface area contributed by atoms with Gasteiger partial charge >= 0.3 is 0 Å². The number of hydrogen-bond acceptors (Lipinski definition) is 2. The van der Waals surface area contributed by atoms with Crippen molar-refractivity contribution in [3.8, 4) is 0 Å². The minimum atomic E-state index is 0.529. The third-order valence-electron chi connectivity index (χ3n) is 5.33. The summed E-state index contributed by atoms with van der Waals surface area (Å²) in [4.78, 5) is 12.6. The van der Waals surface area contributed by atoms with E-state index in [2.05, 4.69) is 87.7 Å². The van der Waals surface area contributed by atoms with Gasteiger partial charge in [-0.05, 0) is 43.0 Å². The molecule has 2 aromatic carbocycles. The topological polar surface area (TPSA) is 70.0 Å². The molecule has 0 saturated heterocycles. The first-order valence-corrected chi connectivity index (χ1v) is 10.9. The van der Waals surface area contributed by atoms with Crippen molar-refractivity contribution in [1.29, 1.82) is 0 Å². The summed E-state index contributed by atoms with van der Waals surface area (Å²) in [5, 5.41) is 8.08. The van der Waals surface area contributed by atoms with Crippen molar-refractivity contribution >= 4 is 16.9 Å². The van der Waals surface area contributed by atoms with Crippen molar-refractivity contribution in [3.63, 3.8) is 0 Å². The molecule has 0 bridgehead atoms. The molecule has 0 aliphatic heterocycles. The Kier molecular flexibility index (Phi) is 6.67. The van der Waals surface area contributed by atoms with Gasteiger partial charge < -0.3 is 20.2 Å². The maximum atomic E-state index is 4.75. The normalized spacial score (nSPS) is 11.7. The summed E-state index contributed by atoms with van der Waals surface area (Å²) in [5.74, 6) is 1.76. The average Bonchev–Trinajstić information content (AvgIpc) is 3.39. The quantitative estimate of drug-likeness (QED) is 0.301. The Balaban J connectivity index is 1.37. The molecule has 0 radical (unpaired) electrons. The van der Waals surface area contributed by atoms with Gasteiger partial charge in [0.2, 0.25) is 0 Å². The molecule has 3 N–H and O–H groups in total. The second kappa shape index (κ2) is 9.98. The van der Waals surface area contributed by atoms with Gasteiger partial charge in [-0.15, -0.1) is 0 Å². The maximum absolute atomic E-state index is 4.75. The maximum Gasteiger partial charge on any atom is 0.191 e. The number of rotatable bonds is 8. The smallest absolute Gasteiger partial charge is 0.191 e. The molecule has 6 nitrogen and oxygen atoms in total. The van der Waals surface area contributed by atoms with Crippen molar-refractivity contribution in [2.75, 3.05) is 13.1 Å². The Labute approximate surface area is 183 Å². The molecule has 160 valence electrons. The largest absolute Gasteiger partial charge is 0.361 e. The van der Waals surface area contributed by atoms with Crippen LogP contribution in [0.3, 0.4) is 0 Å². The monoisotopic (exact) mass is 414 g/mol. The Morgan fingerprint density at radius 2 is 2.00 bits per heavy atom. The van der Waals surface area contributed by atoms with Gasteiger partial charge in [0.15, 0.2) is 5.96 Å². The number of H-pyrrole nitrogens is 1. The van der Waals surface area contributed by atoms with Crippen LogP contribution in [0.25, 0.3) is 10.9 Å². The molecule has 2 aromatic heterocycles. The first kappa shape index (κ1) is 20.7. The van der Waals surface area contributed by atoms with Crippen LogP contribution in [0, 0.1) is 6.92 Å². The summed E-state index contributed by atoms with van der Waals surface area (Å²) in [6.45, 7) is 7.15. The van der Waals surface area contributed by atoms with Crippen LogP contribution < -0.4 is 10.6 Å². The van der Waals surface area contributed by atoms with Crippen LogP contribution in [0.4, 0.5) is 0 Å². The van der Waals surface area contributed by atoms with E-state index in [4.69, 9.17) is 4.99 Å². The van der Waals surface area contributed by atoms with Crippen LogP contribution in [0.5, 0.6) is 0 Å². The summed E-state index contributed by atoms with van der Waals surface area (Å²) >= 11 is 0. The summed E-state index contributed by atoms with van der Waals surface area (Å²) < 4.78 is 2.15. The first-order chi connectivity index (χ1) is 15.2. The Morgan fingerprint density at radius 1 is 1.13 bits per heavy atom. The number of aromatic amines is 1. The van der Waals surface area contributed by atoms with Gasteiger partial charge in [0.05, 0.1) is 0 Å². The van der Waals surface area contributed by atoms with Gasteiger partial charge in [0.25, 0.3) is 0 Å². The first-order valence-electron chi connectivity index (χ1n) is 10.9. The number of nitrogens with zero attached hydrogens (tertiary/aromatic N) is 3. The van der Waals surface area contributed by atoms with Gasteiger partial charge in [0, 0.05) is 49.1 Å². The van der Waals surface area contributed by atoms with E-state index in [1.54, 1.807) is 0 Å². The van der Waals surface area contributed by atoms with E-state index in [1.165, 1.54) is 27.6 Å². The lowest BCUT2D eigenvalue weighted by atomic mass is 10.1. The number of imidazole rings is 1. The van der Waals surface area contributed by atoms with Crippen LogP contribution in [0.15, 0.2) is 72.1 Å². The van der Waals surface area contributed by atoms with Crippen molar-refractivity contribution in [2.24, 2.45) is 4.99 Å². The van der Waals surface area contributed by atoms with Crippen molar-refractivity contribution < 1.29 is 0 Å². The predicted molar refractivity (Wildman–Crippen MR) is 127 cm³/mol. The van der Waals surface area contributed by atoms with Crippen LogP contribution in [-0.4, -0.2) is 33.6 Å². The van der Waals surface area contributed by atoms with Gasteiger partial charge in [-0.25, -0.2) is 9.98 Å². The SMILES string of the molecule is CCNC(=NCc1nccn1Cc1ccccc1)NCCc1c[nH]c2cc(C)ccc12. The summed E-state index contributed by atoms with van der Waals surface area (Å²) in [6.07, 6.45) is 6.89. The summed E-state index contributed by atoms with van der Waals surface area (Å²) in [7, 11) is 0. The molecule has 0 amide bonds. The molecule has 0 aliphatic carbocycles. The number of aryl methyl sites for hydroxylation is 1. The minimum absolute atomic E-state index is 0.529. The van der Waals surface area contributed by atoms with Gasteiger partial charge in [-0.2, -0.15) is 0 Å². The second-order valence-corrected chi connectivity index (χ2v) is 7.69. The fraction of sp³-hybridized carbons (Fsp3) is 0.280. The van der Waals surface area contributed by atoms with Gasteiger partial charge in [-0.1, -0.05) is 42.5 Å². The van der Waals surface area contributed by atoms with Crippen LogP contribution in [-0.2, 0) is 19.5 Å². The molecule has 2 heterocycles. The number of benzene rings is 2. The highest BCUT2D eigenvalue weighted by molar-refractivity contribution is 5.84. The van der Waals surface area contributed by atoms with E-state index in [1.807, 2.05) is 18.5 Å². The highest BCUT2D eigenvalue weighted by atomic mass is 15.2. The van der Waals surface area contributed by atoms with Crippen molar-refractivity contribution in [1.82, 2.24) is 25.2 Å². The zero-order valence-corrected chi connectivity index (χ0v) is 18.2. The van der Waals surface area contributed by atoms with E-state index in [0.717, 1.165) is 37.8 Å². The third kappa shape index (κ3) is 5.34. The third-order valence-corrected chi connectivity index (χ3v) is 5.33. The molecule has 0 fully saturated rings. The fourth-order valence-electron chi connectivity index (χ4n) is 3.73. The minimum Gasteiger partial charge on any atom is -0.361 e. The van der Waals surface area contributed by atoms with Gasteiger partial charge in [-0.3, -0.25) is 0 Å². The molecule has 0 spiro atoms. The molecular formula is C25H30N6. The van der Waals surface area contributed by atoms with Gasteiger partial charge in [0.1, 0.15) is 12.4 Å². The molecular weight excluding hydrogens is 384 g/mol. The van der Waals surface area contributed by atoms with Crippen LogP contribution in [0.1, 0.15) is 29.4 Å². The lowest BCUT2D eigenvalue weighted by molar-refractivity contribution is 0.716. The molecule has 0 atom stereocenters. The number of hydrogen-bond donors (Lipinski definition) is 3. The molecule has 0 aliphatic rings. The molecule has 0 saturated carbocycles. The van der Waals surface area contributed by atoms with E-state index in [-0.39, 0.29) is 0 Å². The Hall–Kier alpha value is -3.54. The Morgan fingerprint density at radius 3 is 2.84 bits per heavy atom. The number of fused-ring (bicyclic) bond motifs is 1. The highest BCUT2D eigenvalue weighted by Gasteiger charge is 2.06. The number of guanidine groups is 1. The number of aliphatic imine (C=N–C) groups is 1. The molecule has 0 unspecified atom stereocenters. The zero-order valence-electron chi connectivity index (χ0n) is 18.2. The number of nitrogens with one attached hydrogen (secondary N) is 3. The molecule has 4 aromatic rings. The van der Waals surface area contributed by atoms with Crippen molar-refractivity contribution in [3.05, 3.63) is 89.6 Å². The van der Waals surface area contributed by atoms with E-state index in [0.29, 0.717) is 6.54 Å². The zero-order chi connectivity index (χ0) is 21.5. The lowest BCUT2D eigenvalue weighted by Crippen LogP contribution is -2.38. The standard InChI is InChI=1S/C25H30N6/c1-3-26-25(28-12-11-21-16-29-23-15-19(2)9-10-22(21)23)30-17-24-27-13-14-31(24)18-20-7-5-4-6-8-20/h4-10,13-16,29H,3,11-12,17-18H2,1-2H3,(H2,26,28,30). The van der Waals surface area contributed by atoms with E-state index >= 15 is 0 Å². The van der Waals surface area contributed by atoms with Crippen LogP contribution in [0.2, 0.25) is 0 Å². The van der Waals surface area contributed by atoms with Crippen LogP contribution >= 0.6 is 0 Å². The van der Waals surface area contributed by atoms with E-state index in [9.17, 15) is 0 Å². The highest BCUT2D eigenvalue weighted by Crippen LogP contribution is 2.19.